The van der Waals surface area contributed by atoms with Gasteiger partial charge in [-0.1, -0.05) is 5.16 Å². The molecule has 2 atom stereocenters. The van der Waals surface area contributed by atoms with E-state index in [0.717, 1.165) is 44.1 Å². The molecule has 5 heterocycles. The van der Waals surface area contributed by atoms with Gasteiger partial charge in [0.2, 0.25) is 6.79 Å². The van der Waals surface area contributed by atoms with Crippen molar-refractivity contribution < 1.29 is 18.8 Å². The zero-order chi connectivity index (χ0) is 19.3. The van der Waals surface area contributed by atoms with Crippen molar-refractivity contribution >= 4 is 5.91 Å². The number of carbonyl (C=O) groups is 1. The van der Waals surface area contributed by atoms with Crippen LogP contribution in [0, 0.1) is 19.8 Å². The minimum atomic E-state index is 0.0900. The first-order chi connectivity index (χ1) is 13.6. The minimum absolute atomic E-state index is 0.0900. The Balaban J connectivity index is 1.34. The molecule has 1 aromatic carbocycles. The summed E-state index contributed by atoms with van der Waals surface area (Å²) in [5.74, 6) is 2.84. The van der Waals surface area contributed by atoms with Crippen LogP contribution >= 0.6 is 0 Å². The van der Waals surface area contributed by atoms with Gasteiger partial charge in [-0.15, -0.1) is 0 Å². The summed E-state index contributed by atoms with van der Waals surface area (Å²) in [7, 11) is 0. The number of hydrogen-bond acceptors (Lipinski definition) is 6. The molecule has 0 radical (unpaired) electrons. The molecule has 2 aromatic rings. The summed E-state index contributed by atoms with van der Waals surface area (Å²) in [6.45, 7) is 7.72. The first-order valence-corrected chi connectivity index (χ1v) is 9.93. The molecule has 7 nitrogen and oxygen atoms in total. The Labute approximate surface area is 164 Å². The Morgan fingerprint density at radius 1 is 1.14 bits per heavy atom. The summed E-state index contributed by atoms with van der Waals surface area (Å²) in [6.07, 6.45) is 2.23. The lowest BCUT2D eigenvalue weighted by Gasteiger charge is -2.36. The number of fused-ring (bicyclic) bond motifs is 5. The molecule has 28 heavy (non-hydrogen) atoms. The average Bonchev–Trinajstić information content (AvgIpc) is 3.17. The van der Waals surface area contributed by atoms with Gasteiger partial charge in [-0.05, 0) is 50.8 Å². The SMILES string of the molecule is Cc1noc(C)c1CN1C[C@H]2CC[C@@H](C1)N(C(=O)c1ccc3c(c1)OCO3)C2. The van der Waals surface area contributed by atoms with E-state index < -0.39 is 0 Å². The second kappa shape index (κ2) is 6.81. The quantitative estimate of drug-likeness (QED) is 0.812. The lowest BCUT2D eigenvalue weighted by molar-refractivity contribution is 0.0584. The van der Waals surface area contributed by atoms with Crippen LogP contribution in [0.25, 0.3) is 0 Å². The van der Waals surface area contributed by atoms with Gasteiger partial charge >= 0.3 is 0 Å². The predicted octanol–water partition coefficient (Wildman–Crippen LogP) is 2.76. The molecule has 0 aliphatic carbocycles. The van der Waals surface area contributed by atoms with Crippen LogP contribution in [0.3, 0.4) is 0 Å². The highest BCUT2D eigenvalue weighted by Gasteiger charge is 2.38. The van der Waals surface area contributed by atoms with Crippen LogP contribution in [0.2, 0.25) is 0 Å². The minimum Gasteiger partial charge on any atom is -0.454 e. The van der Waals surface area contributed by atoms with Crippen LogP contribution in [0.15, 0.2) is 22.7 Å². The van der Waals surface area contributed by atoms with Crippen LogP contribution < -0.4 is 9.47 Å². The van der Waals surface area contributed by atoms with E-state index in [-0.39, 0.29) is 18.7 Å². The van der Waals surface area contributed by atoms with Crippen molar-refractivity contribution in [2.45, 2.75) is 39.3 Å². The van der Waals surface area contributed by atoms with Gasteiger partial charge in [0.25, 0.3) is 5.91 Å². The first kappa shape index (κ1) is 17.6. The van der Waals surface area contributed by atoms with Crippen LogP contribution in [0.1, 0.15) is 40.2 Å². The maximum Gasteiger partial charge on any atom is 0.254 e. The maximum atomic E-state index is 13.3. The van der Waals surface area contributed by atoms with Gasteiger partial charge in [-0.2, -0.15) is 0 Å². The van der Waals surface area contributed by atoms with E-state index in [9.17, 15) is 4.79 Å². The summed E-state index contributed by atoms with van der Waals surface area (Å²) >= 11 is 0. The summed E-state index contributed by atoms with van der Waals surface area (Å²) in [5.41, 5.74) is 2.81. The summed E-state index contributed by atoms with van der Waals surface area (Å²) in [5, 5.41) is 4.08. The Hall–Kier alpha value is -2.54. The number of ether oxygens (including phenoxy) is 2. The molecule has 4 aliphatic rings. The number of aromatic nitrogens is 1. The van der Waals surface area contributed by atoms with Crippen LogP contribution in [-0.2, 0) is 6.54 Å². The number of rotatable bonds is 3. The van der Waals surface area contributed by atoms with E-state index in [1.54, 1.807) is 0 Å². The number of carbonyl (C=O) groups excluding carboxylic acids is 1. The molecule has 0 saturated carbocycles. The van der Waals surface area contributed by atoms with Gasteiger partial charge in [-0.3, -0.25) is 9.69 Å². The third-order valence-corrected chi connectivity index (χ3v) is 6.23. The Morgan fingerprint density at radius 2 is 2.00 bits per heavy atom. The molecule has 2 bridgehead atoms. The highest BCUT2D eigenvalue weighted by molar-refractivity contribution is 5.95. The standard InChI is InChI=1S/C21H25N3O4/c1-13-18(14(2)28-22-13)11-23-8-15-3-5-17(10-23)24(9-15)21(25)16-4-6-19-20(7-16)27-12-26-19/h4,6-7,15,17H,3,5,8-12H2,1-2H3/t15-,17+/m1/s1. The van der Waals surface area contributed by atoms with Gasteiger partial charge in [-0.25, -0.2) is 0 Å². The van der Waals surface area contributed by atoms with E-state index in [2.05, 4.69) is 15.0 Å². The fourth-order valence-corrected chi connectivity index (χ4v) is 4.70. The van der Waals surface area contributed by atoms with Gasteiger partial charge in [0.15, 0.2) is 11.5 Å². The maximum absolute atomic E-state index is 13.3. The number of benzene rings is 1. The van der Waals surface area contributed by atoms with Crippen molar-refractivity contribution in [1.29, 1.82) is 0 Å². The van der Waals surface area contributed by atoms with Crippen molar-refractivity contribution in [2.75, 3.05) is 26.4 Å². The molecule has 3 fully saturated rings. The fraction of sp³-hybridized carbons (Fsp3) is 0.524. The zero-order valence-electron chi connectivity index (χ0n) is 16.3. The van der Waals surface area contributed by atoms with E-state index in [0.29, 0.717) is 23.0 Å². The van der Waals surface area contributed by atoms with Crippen molar-refractivity contribution in [3.05, 3.63) is 40.8 Å². The third kappa shape index (κ3) is 3.03. The Morgan fingerprint density at radius 3 is 2.82 bits per heavy atom. The largest absolute Gasteiger partial charge is 0.454 e. The Bertz CT molecular complexity index is 890. The molecule has 0 N–H and O–H groups in total. The molecule has 1 aromatic heterocycles. The number of piperidine rings is 1. The smallest absolute Gasteiger partial charge is 0.254 e. The van der Waals surface area contributed by atoms with Gasteiger partial charge < -0.3 is 18.9 Å². The zero-order valence-corrected chi connectivity index (χ0v) is 16.3. The molecule has 4 aliphatic heterocycles. The monoisotopic (exact) mass is 383 g/mol. The lowest BCUT2D eigenvalue weighted by atomic mass is 9.94. The molecule has 148 valence electrons. The fourth-order valence-electron chi connectivity index (χ4n) is 4.70. The number of aryl methyl sites for hydroxylation is 2. The van der Waals surface area contributed by atoms with Crippen molar-refractivity contribution in [1.82, 2.24) is 15.0 Å². The highest BCUT2D eigenvalue weighted by atomic mass is 16.7. The van der Waals surface area contributed by atoms with E-state index in [1.807, 2.05) is 32.0 Å². The topological polar surface area (TPSA) is 68.0 Å². The average molecular weight is 383 g/mol. The molecule has 0 spiro atoms. The number of amides is 1. The second-order valence-electron chi connectivity index (χ2n) is 8.12. The van der Waals surface area contributed by atoms with Gasteiger partial charge in [0, 0.05) is 43.3 Å². The number of nitrogens with zero attached hydrogens (tertiary/aromatic N) is 3. The third-order valence-electron chi connectivity index (χ3n) is 6.23. The van der Waals surface area contributed by atoms with Crippen molar-refractivity contribution in [2.24, 2.45) is 5.92 Å². The van der Waals surface area contributed by atoms with Crippen LogP contribution in [0.5, 0.6) is 11.5 Å². The highest BCUT2D eigenvalue weighted by Crippen LogP contribution is 2.35. The molecular weight excluding hydrogens is 358 g/mol. The Kier molecular flexibility index (Phi) is 4.27. The molecule has 6 rings (SSSR count). The number of hydrogen-bond donors (Lipinski definition) is 0. The van der Waals surface area contributed by atoms with Crippen molar-refractivity contribution in [3.63, 3.8) is 0 Å². The van der Waals surface area contributed by atoms with Crippen LogP contribution in [0.4, 0.5) is 0 Å². The van der Waals surface area contributed by atoms with E-state index >= 15 is 0 Å². The van der Waals surface area contributed by atoms with E-state index in [1.165, 1.54) is 12.0 Å². The normalized spacial score (nSPS) is 23.9. The van der Waals surface area contributed by atoms with Gasteiger partial charge in [0.05, 0.1) is 5.69 Å². The molecule has 3 saturated heterocycles. The molecular formula is C21H25N3O4. The second-order valence-corrected chi connectivity index (χ2v) is 8.12. The predicted molar refractivity (Wildman–Crippen MR) is 101 cm³/mol. The van der Waals surface area contributed by atoms with Crippen molar-refractivity contribution in [3.8, 4) is 11.5 Å². The molecule has 1 amide bonds. The molecule has 7 heteroatoms. The summed E-state index contributed by atoms with van der Waals surface area (Å²) in [6, 6.07) is 5.72. The lowest BCUT2D eigenvalue weighted by Crippen LogP contribution is -2.47. The summed E-state index contributed by atoms with van der Waals surface area (Å²) < 4.78 is 16.1. The van der Waals surface area contributed by atoms with Crippen LogP contribution in [-0.4, -0.2) is 53.3 Å². The first-order valence-electron chi connectivity index (χ1n) is 9.93. The molecule has 0 unspecified atom stereocenters. The van der Waals surface area contributed by atoms with Gasteiger partial charge in [0.1, 0.15) is 5.76 Å². The summed E-state index contributed by atoms with van der Waals surface area (Å²) in [4.78, 5) is 17.8. The van der Waals surface area contributed by atoms with E-state index in [4.69, 9.17) is 14.0 Å².